The zero-order valence-corrected chi connectivity index (χ0v) is 17.1. The summed E-state index contributed by atoms with van der Waals surface area (Å²) >= 11 is 0. The molecule has 1 saturated heterocycles. The Morgan fingerprint density at radius 3 is 2.39 bits per heavy atom. The molecule has 1 atom stereocenters. The molecular weight excluding hydrogens is 402 g/mol. The molecule has 1 fully saturated rings. The summed E-state index contributed by atoms with van der Waals surface area (Å²) in [6.45, 7) is 5.68. The number of carbonyl (C=O) groups is 2. The number of anilines is 1. The van der Waals surface area contributed by atoms with Crippen LogP contribution in [0.1, 0.15) is 30.9 Å². The molecule has 1 aliphatic heterocycles. The fourth-order valence-electron chi connectivity index (χ4n) is 3.29. The van der Waals surface area contributed by atoms with E-state index in [1.165, 1.54) is 0 Å². The van der Waals surface area contributed by atoms with Gasteiger partial charge in [0.2, 0.25) is 5.91 Å². The van der Waals surface area contributed by atoms with Crippen molar-refractivity contribution in [1.82, 2.24) is 5.32 Å². The van der Waals surface area contributed by atoms with E-state index < -0.39 is 34.8 Å². The van der Waals surface area contributed by atoms with Gasteiger partial charge < -0.3 is 10.1 Å². The molecular formula is C24H22F2N2O3. The van der Waals surface area contributed by atoms with Crippen LogP contribution in [0.15, 0.2) is 55.1 Å². The minimum absolute atomic E-state index is 0.0832. The summed E-state index contributed by atoms with van der Waals surface area (Å²) in [5.41, 5.74) is -0.882. The van der Waals surface area contributed by atoms with E-state index in [2.05, 4.69) is 23.7 Å². The third-order valence-electron chi connectivity index (χ3n) is 4.97. The molecule has 0 saturated carbocycles. The number of urea groups is 1. The molecule has 0 spiro atoms. The van der Waals surface area contributed by atoms with Crippen molar-refractivity contribution in [2.75, 3.05) is 18.1 Å². The van der Waals surface area contributed by atoms with Crippen molar-refractivity contribution in [3.63, 3.8) is 0 Å². The predicted octanol–water partition coefficient (Wildman–Crippen LogP) is 4.16. The van der Waals surface area contributed by atoms with E-state index in [0.29, 0.717) is 16.9 Å². The van der Waals surface area contributed by atoms with Crippen LogP contribution in [0.2, 0.25) is 0 Å². The Balaban J connectivity index is 1.86. The lowest BCUT2D eigenvalue weighted by Gasteiger charge is -2.40. The number of benzene rings is 2. The van der Waals surface area contributed by atoms with E-state index in [9.17, 15) is 18.4 Å². The van der Waals surface area contributed by atoms with Gasteiger partial charge in [-0.25, -0.2) is 18.5 Å². The SMILES string of the molecule is C=CCOCC1(CC)CC(=O)N(c2c(F)cc(C#Cc3ccccc3)cc2F)C(=O)N1. The number of nitrogens with one attached hydrogen (secondary N) is 1. The molecule has 0 aromatic heterocycles. The zero-order valence-electron chi connectivity index (χ0n) is 17.1. The molecule has 3 amide bonds. The van der Waals surface area contributed by atoms with Crippen molar-refractivity contribution >= 4 is 17.6 Å². The van der Waals surface area contributed by atoms with Gasteiger partial charge in [0, 0.05) is 11.1 Å². The fraction of sp³-hybridized carbons (Fsp3) is 0.250. The van der Waals surface area contributed by atoms with Crippen molar-refractivity contribution in [3.05, 3.63) is 77.9 Å². The first-order valence-corrected chi connectivity index (χ1v) is 9.79. The van der Waals surface area contributed by atoms with Crippen LogP contribution >= 0.6 is 0 Å². The summed E-state index contributed by atoms with van der Waals surface area (Å²) in [4.78, 5) is 25.9. The predicted molar refractivity (Wildman–Crippen MR) is 113 cm³/mol. The Labute approximate surface area is 179 Å². The van der Waals surface area contributed by atoms with Crippen molar-refractivity contribution in [2.45, 2.75) is 25.3 Å². The molecule has 7 heteroatoms. The van der Waals surface area contributed by atoms with Crippen LogP contribution in [0.4, 0.5) is 19.3 Å². The molecule has 0 radical (unpaired) electrons. The van der Waals surface area contributed by atoms with Gasteiger partial charge in [-0.3, -0.25) is 4.79 Å². The standard InChI is InChI=1S/C24H22F2N2O3/c1-3-12-31-16-24(4-2)15-21(29)28(23(30)27-24)22-19(25)13-18(14-20(22)26)11-10-17-8-6-5-7-9-17/h3,5-9,13-14H,1,4,12,15-16H2,2H3,(H,27,30). The van der Waals surface area contributed by atoms with E-state index in [0.717, 1.165) is 12.1 Å². The molecule has 31 heavy (non-hydrogen) atoms. The number of imide groups is 1. The average Bonchev–Trinajstić information content (AvgIpc) is 2.74. The first-order valence-electron chi connectivity index (χ1n) is 9.79. The van der Waals surface area contributed by atoms with Crippen LogP contribution in [0.5, 0.6) is 0 Å². The molecule has 0 aliphatic carbocycles. The maximum absolute atomic E-state index is 14.8. The first-order chi connectivity index (χ1) is 14.9. The van der Waals surface area contributed by atoms with Crippen molar-refractivity contribution < 1.29 is 23.1 Å². The van der Waals surface area contributed by atoms with Gasteiger partial charge in [-0.05, 0) is 30.7 Å². The lowest BCUT2D eigenvalue weighted by Crippen LogP contribution is -2.64. The Hall–Kier alpha value is -3.50. The van der Waals surface area contributed by atoms with Gasteiger partial charge in [0.25, 0.3) is 0 Å². The molecule has 1 N–H and O–H groups in total. The summed E-state index contributed by atoms with van der Waals surface area (Å²) in [7, 11) is 0. The van der Waals surface area contributed by atoms with Crippen LogP contribution in [-0.2, 0) is 9.53 Å². The number of carbonyl (C=O) groups excluding carboxylic acids is 2. The number of rotatable bonds is 6. The monoisotopic (exact) mass is 424 g/mol. The maximum Gasteiger partial charge on any atom is 0.329 e. The third kappa shape index (κ3) is 4.98. The second kappa shape index (κ2) is 9.54. The largest absolute Gasteiger partial charge is 0.375 e. The summed E-state index contributed by atoms with van der Waals surface area (Å²) in [5, 5.41) is 2.68. The smallest absolute Gasteiger partial charge is 0.329 e. The normalized spacial score (nSPS) is 18.2. The van der Waals surface area contributed by atoms with Crippen LogP contribution < -0.4 is 10.2 Å². The average molecular weight is 424 g/mol. The Bertz CT molecular complexity index is 1020. The number of ether oxygens (including phenoxy) is 1. The van der Waals surface area contributed by atoms with Gasteiger partial charge in [-0.2, -0.15) is 0 Å². The highest BCUT2D eigenvalue weighted by molar-refractivity contribution is 6.16. The zero-order chi connectivity index (χ0) is 22.4. The molecule has 1 aliphatic rings. The highest BCUT2D eigenvalue weighted by Crippen LogP contribution is 2.31. The number of amides is 3. The molecule has 1 unspecified atom stereocenters. The summed E-state index contributed by atoms with van der Waals surface area (Å²) in [6, 6.07) is 10.1. The van der Waals surface area contributed by atoms with E-state index in [1.54, 1.807) is 37.3 Å². The van der Waals surface area contributed by atoms with Gasteiger partial charge in [0.1, 0.15) is 5.69 Å². The topological polar surface area (TPSA) is 58.6 Å². The molecule has 1 heterocycles. The van der Waals surface area contributed by atoms with Crippen LogP contribution in [0, 0.1) is 23.5 Å². The molecule has 2 aromatic carbocycles. The minimum Gasteiger partial charge on any atom is -0.375 e. The van der Waals surface area contributed by atoms with Crippen molar-refractivity contribution in [2.24, 2.45) is 0 Å². The van der Waals surface area contributed by atoms with E-state index in [4.69, 9.17) is 4.74 Å². The van der Waals surface area contributed by atoms with Gasteiger partial charge >= 0.3 is 6.03 Å². The Kier molecular flexibility index (Phi) is 6.83. The van der Waals surface area contributed by atoms with Crippen molar-refractivity contribution in [1.29, 1.82) is 0 Å². The number of nitrogens with zero attached hydrogens (tertiary/aromatic N) is 1. The highest BCUT2D eigenvalue weighted by atomic mass is 19.1. The van der Waals surface area contributed by atoms with Crippen LogP contribution in [0.25, 0.3) is 0 Å². The van der Waals surface area contributed by atoms with E-state index >= 15 is 0 Å². The van der Waals surface area contributed by atoms with Gasteiger partial charge in [0.05, 0.1) is 25.2 Å². The fourth-order valence-corrected chi connectivity index (χ4v) is 3.29. The second-order valence-corrected chi connectivity index (χ2v) is 7.18. The molecule has 3 rings (SSSR count). The third-order valence-corrected chi connectivity index (χ3v) is 4.97. The number of halogens is 2. The van der Waals surface area contributed by atoms with Crippen LogP contribution in [0.3, 0.4) is 0 Å². The Morgan fingerprint density at radius 1 is 1.16 bits per heavy atom. The maximum atomic E-state index is 14.8. The van der Waals surface area contributed by atoms with E-state index in [1.807, 2.05) is 6.07 Å². The van der Waals surface area contributed by atoms with Crippen molar-refractivity contribution in [3.8, 4) is 11.8 Å². The van der Waals surface area contributed by atoms with Gasteiger partial charge in [-0.15, -0.1) is 6.58 Å². The first kappa shape index (κ1) is 22.2. The lowest BCUT2D eigenvalue weighted by atomic mass is 9.90. The lowest BCUT2D eigenvalue weighted by molar-refractivity contribution is -0.121. The quantitative estimate of drug-likeness (QED) is 0.430. The van der Waals surface area contributed by atoms with E-state index in [-0.39, 0.29) is 25.2 Å². The minimum atomic E-state index is -1.05. The summed E-state index contributed by atoms with van der Waals surface area (Å²) in [6.07, 6.45) is 1.81. The molecule has 5 nitrogen and oxygen atoms in total. The van der Waals surface area contributed by atoms with Gasteiger partial charge in [0.15, 0.2) is 11.6 Å². The molecule has 160 valence electrons. The number of hydrogen-bond donors (Lipinski definition) is 1. The van der Waals surface area contributed by atoms with Gasteiger partial charge in [-0.1, -0.05) is 43.0 Å². The summed E-state index contributed by atoms with van der Waals surface area (Å²) in [5.74, 6) is 2.69. The number of hydrogen-bond acceptors (Lipinski definition) is 3. The Morgan fingerprint density at radius 2 is 1.81 bits per heavy atom. The second-order valence-electron chi connectivity index (χ2n) is 7.18. The molecule has 0 bridgehead atoms. The summed E-state index contributed by atoms with van der Waals surface area (Å²) < 4.78 is 35.0. The molecule has 2 aromatic rings. The highest BCUT2D eigenvalue weighted by Gasteiger charge is 2.44. The van der Waals surface area contributed by atoms with Crippen LogP contribution in [-0.4, -0.2) is 30.7 Å².